The molecule has 202 valence electrons. The lowest BCUT2D eigenvalue weighted by atomic mass is 10.1. The van der Waals surface area contributed by atoms with Gasteiger partial charge in [0, 0.05) is 11.8 Å². The summed E-state index contributed by atoms with van der Waals surface area (Å²) in [4.78, 5) is 9.09. The highest BCUT2D eigenvalue weighted by Crippen LogP contribution is 2.31. The monoisotopic (exact) mass is 536 g/mol. The molecule has 4 rings (SSSR count). The number of alkyl halides is 3. The summed E-state index contributed by atoms with van der Waals surface area (Å²) in [6.45, 7) is 6.34. The van der Waals surface area contributed by atoms with Crippen molar-refractivity contribution in [1.29, 1.82) is 0 Å². The molecule has 0 aliphatic carbocycles. The first kappa shape index (κ1) is 27.3. The fourth-order valence-corrected chi connectivity index (χ4v) is 3.88. The number of methoxy groups -OCH3 is 1. The molecule has 0 spiro atoms. The van der Waals surface area contributed by atoms with Gasteiger partial charge in [-0.05, 0) is 54.0 Å². The van der Waals surface area contributed by atoms with E-state index in [-0.39, 0.29) is 12.4 Å². The molecule has 0 unspecified atom stereocenters. The van der Waals surface area contributed by atoms with Crippen LogP contribution < -0.4 is 19.9 Å². The van der Waals surface area contributed by atoms with Crippen LogP contribution in [-0.4, -0.2) is 28.0 Å². The molecule has 0 aliphatic rings. The quantitative estimate of drug-likeness (QED) is 0.227. The van der Waals surface area contributed by atoms with Gasteiger partial charge in [-0.3, -0.25) is 4.57 Å². The molecular weight excluding hydrogens is 509 g/mol. The van der Waals surface area contributed by atoms with Gasteiger partial charge in [-0.2, -0.15) is 0 Å². The minimum Gasteiger partial charge on any atom is -0.493 e. The second-order valence-electron chi connectivity index (χ2n) is 8.44. The molecule has 0 saturated carbocycles. The molecule has 0 aliphatic heterocycles. The van der Waals surface area contributed by atoms with Crippen molar-refractivity contribution in [3.63, 3.8) is 0 Å². The molecule has 7 nitrogen and oxygen atoms in total. The lowest BCUT2D eigenvalue weighted by Crippen LogP contribution is -2.17. The standard InChI is InChI=1S/C29H27F3N4O3/c1-4-6-7-21(5-2)22-15-24-27(34-16-22)36(28(33)35-24)17-20-10-13-25(26(14-20)37-3)38-18-19-8-11-23(12-9-19)39-29(30,31)32/h4-16H,2,17-18H2,1,3H3,(H2,33,35). The van der Waals surface area contributed by atoms with E-state index in [0.717, 1.165) is 16.7 Å². The number of nitrogen functional groups attached to an aromatic ring is 1. The number of hydrogen-bond acceptors (Lipinski definition) is 6. The van der Waals surface area contributed by atoms with Crippen LogP contribution in [0.3, 0.4) is 0 Å². The SMILES string of the molecule is C=CC(=CC=CC)c1cnc2c(c1)nc(N)n2Cc1ccc(OCc2ccc(OC(F)(F)F)cc2)c(OC)c1. The van der Waals surface area contributed by atoms with E-state index in [4.69, 9.17) is 15.2 Å². The molecule has 10 heteroatoms. The van der Waals surface area contributed by atoms with Crippen LogP contribution >= 0.6 is 0 Å². The molecule has 0 radical (unpaired) electrons. The summed E-state index contributed by atoms with van der Waals surface area (Å²) >= 11 is 0. The molecule has 0 amide bonds. The Morgan fingerprint density at radius 1 is 1.08 bits per heavy atom. The van der Waals surface area contributed by atoms with Gasteiger partial charge in [-0.1, -0.05) is 49.1 Å². The molecule has 4 aromatic rings. The Bertz CT molecular complexity index is 1520. The van der Waals surface area contributed by atoms with Gasteiger partial charge in [0.15, 0.2) is 17.1 Å². The Kier molecular flexibility index (Phi) is 8.24. The van der Waals surface area contributed by atoms with E-state index >= 15 is 0 Å². The Hall–Kier alpha value is -4.73. The van der Waals surface area contributed by atoms with Crippen molar-refractivity contribution in [1.82, 2.24) is 14.5 Å². The van der Waals surface area contributed by atoms with Gasteiger partial charge in [-0.15, -0.1) is 13.2 Å². The Labute approximate surface area is 223 Å². The molecule has 0 atom stereocenters. The summed E-state index contributed by atoms with van der Waals surface area (Å²) in [6.07, 6.45) is 4.59. The number of pyridine rings is 1. The van der Waals surface area contributed by atoms with E-state index < -0.39 is 6.36 Å². The predicted molar refractivity (Wildman–Crippen MR) is 144 cm³/mol. The van der Waals surface area contributed by atoms with Crippen LogP contribution in [-0.2, 0) is 13.2 Å². The van der Waals surface area contributed by atoms with E-state index in [9.17, 15) is 13.2 Å². The second kappa shape index (κ2) is 11.8. The predicted octanol–water partition coefficient (Wildman–Crippen LogP) is 6.69. The number of benzene rings is 2. The highest BCUT2D eigenvalue weighted by Gasteiger charge is 2.31. The van der Waals surface area contributed by atoms with E-state index in [1.54, 1.807) is 18.3 Å². The molecule has 39 heavy (non-hydrogen) atoms. The molecule has 0 bridgehead atoms. The van der Waals surface area contributed by atoms with E-state index in [1.807, 2.05) is 47.9 Å². The first-order valence-electron chi connectivity index (χ1n) is 11.9. The van der Waals surface area contributed by atoms with Crippen molar-refractivity contribution in [3.8, 4) is 17.2 Å². The van der Waals surface area contributed by atoms with Crippen molar-refractivity contribution in [3.05, 3.63) is 102 Å². The number of imidazole rings is 1. The zero-order chi connectivity index (χ0) is 28.0. The Morgan fingerprint density at radius 3 is 2.49 bits per heavy atom. The first-order chi connectivity index (χ1) is 18.7. The number of allylic oxidation sites excluding steroid dienone is 5. The normalized spacial score (nSPS) is 12.2. The fraction of sp³-hybridized carbons (Fsp3) is 0.172. The van der Waals surface area contributed by atoms with Crippen LogP contribution in [0.25, 0.3) is 16.7 Å². The van der Waals surface area contributed by atoms with Gasteiger partial charge in [0.2, 0.25) is 5.95 Å². The summed E-state index contributed by atoms with van der Waals surface area (Å²) in [6, 6.07) is 12.9. The Balaban J connectivity index is 1.50. The van der Waals surface area contributed by atoms with Crippen molar-refractivity contribution in [2.45, 2.75) is 26.4 Å². The Morgan fingerprint density at radius 2 is 1.82 bits per heavy atom. The highest BCUT2D eigenvalue weighted by molar-refractivity contribution is 5.82. The average Bonchev–Trinajstić information content (AvgIpc) is 3.22. The third-order valence-electron chi connectivity index (χ3n) is 5.76. The van der Waals surface area contributed by atoms with Gasteiger partial charge in [-0.25, -0.2) is 9.97 Å². The van der Waals surface area contributed by atoms with Gasteiger partial charge in [0.25, 0.3) is 0 Å². The minimum atomic E-state index is -4.74. The summed E-state index contributed by atoms with van der Waals surface area (Å²) in [7, 11) is 1.53. The maximum atomic E-state index is 12.4. The van der Waals surface area contributed by atoms with Crippen LogP contribution in [0.2, 0.25) is 0 Å². The van der Waals surface area contributed by atoms with E-state index in [2.05, 4.69) is 21.3 Å². The summed E-state index contributed by atoms with van der Waals surface area (Å²) in [5.74, 6) is 1.00. The summed E-state index contributed by atoms with van der Waals surface area (Å²) in [5, 5.41) is 0. The molecule has 0 fully saturated rings. The second-order valence-corrected chi connectivity index (χ2v) is 8.44. The fourth-order valence-electron chi connectivity index (χ4n) is 3.88. The lowest BCUT2D eigenvalue weighted by molar-refractivity contribution is -0.274. The number of halogens is 3. The highest BCUT2D eigenvalue weighted by atomic mass is 19.4. The molecule has 2 heterocycles. The maximum absolute atomic E-state index is 12.4. The van der Waals surface area contributed by atoms with Crippen LogP contribution in [0, 0.1) is 0 Å². The first-order valence-corrected chi connectivity index (χ1v) is 11.9. The van der Waals surface area contributed by atoms with Crippen LogP contribution in [0.5, 0.6) is 17.2 Å². The largest absolute Gasteiger partial charge is 0.573 e. The zero-order valence-corrected chi connectivity index (χ0v) is 21.4. The third kappa shape index (κ3) is 6.78. The number of rotatable bonds is 10. The van der Waals surface area contributed by atoms with Gasteiger partial charge < -0.3 is 19.9 Å². The van der Waals surface area contributed by atoms with Crippen molar-refractivity contribution >= 4 is 22.7 Å². The number of hydrogen-bond donors (Lipinski definition) is 1. The van der Waals surface area contributed by atoms with Crippen molar-refractivity contribution in [2.24, 2.45) is 0 Å². The smallest absolute Gasteiger partial charge is 0.493 e. The molecule has 2 N–H and O–H groups in total. The zero-order valence-electron chi connectivity index (χ0n) is 21.4. The van der Waals surface area contributed by atoms with Crippen molar-refractivity contribution in [2.75, 3.05) is 12.8 Å². The average molecular weight is 537 g/mol. The maximum Gasteiger partial charge on any atom is 0.573 e. The van der Waals surface area contributed by atoms with E-state index in [1.165, 1.54) is 31.4 Å². The third-order valence-corrected chi connectivity index (χ3v) is 5.76. The number of nitrogens with zero attached hydrogens (tertiary/aromatic N) is 3. The van der Waals surface area contributed by atoms with Gasteiger partial charge in [0.05, 0.1) is 13.7 Å². The molecule has 0 saturated heterocycles. The number of aromatic nitrogens is 3. The number of ether oxygens (including phenoxy) is 3. The van der Waals surface area contributed by atoms with Gasteiger partial charge in [0.1, 0.15) is 17.9 Å². The molecular formula is C29H27F3N4O3. The summed E-state index contributed by atoms with van der Waals surface area (Å²) < 4.78 is 54.1. The topological polar surface area (TPSA) is 84.4 Å². The van der Waals surface area contributed by atoms with Gasteiger partial charge >= 0.3 is 6.36 Å². The van der Waals surface area contributed by atoms with Crippen LogP contribution in [0.4, 0.5) is 19.1 Å². The van der Waals surface area contributed by atoms with Crippen LogP contribution in [0.1, 0.15) is 23.6 Å². The minimum absolute atomic E-state index is 0.128. The number of nitrogens with two attached hydrogens (primary N) is 1. The number of fused-ring (bicyclic) bond motifs is 1. The van der Waals surface area contributed by atoms with Crippen LogP contribution in [0.15, 0.2) is 85.6 Å². The summed E-state index contributed by atoms with van der Waals surface area (Å²) in [5.41, 5.74) is 10.9. The van der Waals surface area contributed by atoms with Crippen molar-refractivity contribution < 1.29 is 27.4 Å². The number of anilines is 1. The van der Waals surface area contributed by atoms with E-state index in [0.29, 0.717) is 40.7 Å². The molecule has 2 aromatic carbocycles. The lowest BCUT2D eigenvalue weighted by Gasteiger charge is -2.14. The molecule has 2 aromatic heterocycles.